The number of nitrogens with one attached hydrogen (secondary N) is 1. The highest BCUT2D eigenvalue weighted by Gasteiger charge is 2.05. The van der Waals surface area contributed by atoms with Crippen LogP contribution in [-0.4, -0.2) is 18.5 Å². The van der Waals surface area contributed by atoms with Gasteiger partial charge < -0.3 is 11.1 Å². The summed E-state index contributed by atoms with van der Waals surface area (Å²) in [6.45, 7) is 4.38. The average Bonchev–Trinajstić information content (AvgIpc) is 2.17. The Hall–Kier alpha value is -1.06. The number of halogens is 1. The maximum Gasteiger partial charge on any atom is 0.236 e. The van der Waals surface area contributed by atoms with Gasteiger partial charge in [-0.3, -0.25) is 4.79 Å². The van der Waals surface area contributed by atoms with Crippen LogP contribution < -0.4 is 11.1 Å². The number of aryl methyl sites for hydroxylation is 1. The third kappa shape index (κ3) is 5.14. The van der Waals surface area contributed by atoms with E-state index in [-0.39, 0.29) is 18.3 Å². The van der Waals surface area contributed by atoms with Crippen LogP contribution in [0.5, 0.6) is 0 Å². The minimum absolute atomic E-state index is 0. The second-order valence-corrected chi connectivity index (χ2v) is 3.82. The fourth-order valence-corrected chi connectivity index (χ4v) is 1.36. The van der Waals surface area contributed by atoms with E-state index in [0.717, 1.165) is 6.42 Å². The molecule has 0 aliphatic rings. The number of hydrogen-bond acceptors (Lipinski definition) is 2. The Labute approximate surface area is 103 Å². The molecule has 0 fully saturated rings. The summed E-state index contributed by atoms with van der Waals surface area (Å²) in [6.07, 6.45) is 0.847. The molecule has 0 spiro atoms. The molecule has 1 rings (SSSR count). The molecule has 0 bridgehead atoms. The Kier molecular flexibility index (Phi) is 6.77. The molecule has 3 N–H and O–H groups in total. The lowest BCUT2D eigenvalue weighted by Gasteiger charge is -2.07. The first-order chi connectivity index (χ1) is 7.09. The molecule has 0 heterocycles. The topological polar surface area (TPSA) is 55.1 Å². The summed E-state index contributed by atoms with van der Waals surface area (Å²) in [7, 11) is 0. The summed E-state index contributed by atoms with van der Waals surface area (Å²) >= 11 is 0. The van der Waals surface area contributed by atoms with Crippen LogP contribution in [0.3, 0.4) is 0 Å². The van der Waals surface area contributed by atoms with Gasteiger partial charge in [0.2, 0.25) is 5.91 Å². The minimum Gasteiger partial charge on any atom is -0.354 e. The van der Waals surface area contributed by atoms with Crippen LogP contribution in [0.15, 0.2) is 24.3 Å². The van der Waals surface area contributed by atoms with Gasteiger partial charge in [0, 0.05) is 6.54 Å². The van der Waals surface area contributed by atoms with Crippen molar-refractivity contribution in [1.82, 2.24) is 5.32 Å². The SMILES string of the molecule is Cc1cccc(CCNC(=O)[C@@H](C)N)c1.Cl. The Balaban J connectivity index is 0.00000225. The Morgan fingerprint density at radius 1 is 1.50 bits per heavy atom. The summed E-state index contributed by atoms with van der Waals surface area (Å²) in [5, 5.41) is 2.79. The van der Waals surface area contributed by atoms with E-state index in [1.54, 1.807) is 6.92 Å². The predicted molar refractivity (Wildman–Crippen MR) is 68.8 cm³/mol. The molecule has 0 saturated heterocycles. The normalized spacial score (nSPS) is 11.4. The lowest BCUT2D eigenvalue weighted by Crippen LogP contribution is -2.39. The van der Waals surface area contributed by atoms with Crippen molar-refractivity contribution < 1.29 is 4.79 Å². The van der Waals surface area contributed by atoms with Crippen molar-refractivity contribution in [2.75, 3.05) is 6.54 Å². The van der Waals surface area contributed by atoms with Gasteiger partial charge in [0.05, 0.1) is 6.04 Å². The van der Waals surface area contributed by atoms with Crippen LogP contribution >= 0.6 is 12.4 Å². The minimum atomic E-state index is -0.428. The first-order valence-corrected chi connectivity index (χ1v) is 5.18. The van der Waals surface area contributed by atoms with Crippen LogP contribution in [-0.2, 0) is 11.2 Å². The third-order valence-corrected chi connectivity index (χ3v) is 2.21. The van der Waals surface area contributed by atoms with Crippen LogP contribution in [0.2, 0.25) is 0 Å². The zero-order valence-electron chi connectivity index (χ0n) is 9.69. The number of benzene rings is 1. The highest BCUT2D eigenvalue weighted by atomic mass is 35.5. The average molecular weight is 243 g/mol. The standard InChI is InChI=1S/C12H18N2O.ClH/c1-9-4-3-5-11(8-9)6-7-14-12(15)10(2)13;/h3-5,8,10H,6-7,13H2,1-2H3,(H,14,15);1H/t10-;/m1./s1. The molecule has 1 aromatic rings. The van der Waals surface area contributed by atoms with Crippen molar-refractivity contribution in [2.24, 2.45) is 5.73 Å². The van der Waals surface area contributed by atoms with Crippen LogP contribution in [0.1, 0.15) is 18.1 Å². The summed E-state index contributed by atoms with van der Waals surface area (Å²) in [5.74, 6) is -0.0948. The molecule has 0 aromatic heterocycles. The van der Waals surface area contributed by atoms with Crippen molar-refractivity contribution in [1.29, 1.82) is 0 Å². The Morgan fingerprint density at radius 3 is 2.75 bits per heavy atom. The van der Waals surface area contributed by atoms with Crippen molar-refractivity contribution >= 4 is 18.3 Å². The second kappa shape index (κ2) is 7.25. The highest BCUT2D eigenvalue weighted by Crippen LogP contribution is 2.03. The van der Waals surface area contributed by atoms with Gasteiger partial charge in [-0.1, -0.05) is 29.8 Å². The molecular weight excluding hydrogens is 224 g/mol. The molecule has 0 unspecified atom stereocenters. The van der Waals surface area contributed by atoms with E-state index in [0.29, 0.717) is 6.54 Å². The number of carbonyl (C=O) groups excluding carboxylic acids is 1. The smallest absolute Gasteiger partial charge is 0.236 e. The van der Waals surface area contributed by atoms with Crippen LogP contribution in [0, 0.1) is 6.92 Å². The number of amides is 1. The quantitative estimate of drug-likeness (QED) is 0.839. The van der Waals surface area contributed by atoms with Gasteiger partial charge in [-0.25, -0.2) is 0 Å². The van der Waals surface area contributed by atoms with Gasteiger partial charge in [-0.15, -0.1) is 12.4 Å². The van der Waals surface area contributed by atoms with Crippen molar-refractivity contribution in [3.8, 4) is 0 Å². The first-order valence-electron chi connectivity index (χ1n) is 5.18. The second-order valence-electron chi connectivity index (χ2n) is 3.82. The molecule has 3 nitrogen and oxygen atoms in total. The van der Waals surface area contributed by atoms with Gasteiger partial charge in [-0.05, 0) is 25.8 Å². The summed E-state index contributed by atoms with van der Waals surface area (Å²) < 4.78 is 0. The molecular formula is C12H19ClN2O. The third-order valence-electron chi connectivity index (χ3n) is 2.21. The number of nitrogens with two attached hydrogens (primary N) is 1. The van der Waals surface area contributed by atoms with E-state index in [2.05, 4.69) is 30.4 Å². The Bertz CT molecular complexity index is 340. The molecule has 4 heteroatoms. The fraction of sp³-hybridized carbons (Fsp3) is 0.417. The van der Waals surface area contributed by atoms with E-state index in [9.17, 15) is 4.79 Å². The van der Waals surface area contributed by atoms with Crippen molar-refractivity contribution in [3.05, 3.63) is 35.4 Å². The van der Waals surface area contributed by atoms with Crippen LogP contribution in [0.25, 0.3) is 0 Å². The van der Waals surface area contributed by atoms with E-state index in [4.69, 9.17) is 5.73 Å². The maximum atomic E-state index is 11.2. The van der Waals surface area contributed by atoms with Crippen molar-refractivity contribution in [2.45, 2.75) is 26.3 Å². The fourth-order valence-electron chi connectivity index (χ4n) is 1.36. The van der Waals surface area contributed by atoms with E-state index >= 15 is 0 Å². The summed E-state index contributed by atoms with van der Waals surface area (Å²) in [6, 6.07) is 7.84. The molecule has 0 saturated carbocycles. The number of rotatable bonds is 4. The zero-order valence-corrected chi connectivity index (χ0v) is 10.5. The van der Waals surface area contributed by atoms with Gasteiger partial charge in [0.1, 0.15) is 0 Å². The molecule has 90 valence electrons. The largest absolute Gasteiger partial charge is 0.354 e. The molecule has 0 aliphatic carbocycles. The predicted octanol–water partition coefficient (Wildman–Crippen LogP) is 1.42. The summed E-state index contributed by atoms with van der Waals surface area (Å²) in [5.41, 5.74) is 7.91. The lowest BCUT2D eigenvalue weighted by atomic mass is 10.1. The summed E-state index contributed by atoms with van der Waals surface area (Å²) in [4.78, 5) is 11.2. The van der Waals surface area contributed by atoms with Gasteiger partial charge in [0.15, 0.2) is 0 Å². The van der Waals surface area contributed by atoms with Gasteiger partial charge >= 0.3 is 0 Å². The molecule has 1 atom stereocenters. The first kappa shape index (κ1) is 14.9. The number of carbonyl (C=O) groups is 1. The Morgan fingerprint density at radius 2 is 2.19 bits per heavy atom. The zero-order chi connectivity index (χ0) is 11.3. The lowest BCUT2D eigenvalue weighted by molar-refractivity contribution is -0.121. The highest BCUT2D eigenvalue weighted by molar-refractivity contribution is 5.85. The van der Waals surface area contributed by atoms with Gasteiger partial charge in [0.25, 0.3) is 0 Å². The van der Waals surface area contributed by atoms with Gasteiger partial charge in [-0.2, -0.15) is 0 Å². The molecule has 0 aliphatic heterocycles. The maximum absolute atomic E-state index is 11.2. The van der Waals surface area contributed by atoms with E-state index in [1.165, 1.54) is 11.1 Å². The van der Waals surface area contributed by atoms with E-state index in [1.807, 2.05) is 6.07 Å². The van der Waals surface area contributed by atoms with Crippen molar-refractivity contribution in [3.63, 3.8) is 0 Å². The molecule has 1 aromatic carbocycles. The molecule has 1 amide bonds. The van der Waals surface area contributed by atoms with E-state index < -0.39 is 6.04 Å². The van der Waals surface area contributed by atoms with Crippen LogP contribution in [0.4, 0.5) is 0 Å². The number of hydrogen-bond donors (Lipinski definition) is 2. The molecule has 16 heavy (non-hydrogen) atoms. The monoisotopic (exact) mass is 242 g/mol. The molecule has 0 radical (unpaired) electrons.